The van der Waals surface area contributed by atoms with Crippen LogP contribution in [0.5, 0.6) is 5.75 Å². The number of ether oxygens (including phenoxy) is 1. The second-order valence-electron chi connectivity index (χ2n) is 11.3. The van der Waals surface area contributed by atoms with E-state index < -0.39 is 29.5 Å². The van der Waals surface area contributed by atoms with Gasteiger partial charge >= 0.3 is 0 Å². The molecule has 0 spiro atoms. The van der Waals surface area contributed by atoms with E-state index in [9.17, 15) is 14.7 Å². The minimum Gasteiger partial charge on any atom is -0.503 e. The molecule has 1 unspecified atom stereocenters. The molecular formula is C38H32N4O6S3. The quantitative estimate of drug-likeness (QED) is 0.0797. The fraction of sp³-hybridized carbons (Fsp3) is 0.158. The Morgan fingerprint density at radius 2 is 1.61 bits per heavy atom. The maximum atomic E-state index is 14.3. The molecule has 6 aromatic rings. The SMILES string of the molecule is CC(=O)O.CCOc1ccc(C2C(C(=O)c3sc(-c4ccccc4)nc3C)=C(O)C(=O)N2c2nnc(SCc3cccc4ccccc34)s2)cc1. The molecule has 1 aliphatic heterocycles. The van der Waals surface area contributed by atoms with E-state index in [4.69, 9.17) is 14.6 Å². The number of aliphatic carboxylic acids is 1. The Labute approximate surface area is 306 Å². The highest BCUT2D eigenvalue weighted by Gasteiger charge is 2.46. The van der Waals surface area contributed by atoms with Crippen molar-refractivity contribution >= 4 is 68.0 Å². The van der Waals surface area contributed by atoms with Crippen LogP contribution in [0.3, 0.4) is 0 Å². The number of ketones is 1. The van der Waals surface area contributed by atoms with Gasteiger partial charge in [0.2, 0.25) is 10.9 Å². The number of fused-ring (bicyclic) bond motifs is 1. The monoisotopic (exact) mass is 736 g/mol. The van der Waals surface area contributed by atoms with Crippen molar-refractivity contribution < 1.29 is 29.3 Å². The minimum absolute atomic E-state index is 0.0225. The normalized spacial score (nSPS) is 14.1. The number of rotatable bonds is 10. The van der Waals surface area contributed by atoms with Gasteiger partial charge in [-0.15, -0.1) is 21.5 Å². The lowest BCUT2D eigenvalue weighted by molar-refractivity contribution is -0.134. The number of Topliss-reactive ketones (excluding diaryl/α,β-unsaturated/α-hetero) is 1. The number of aliphatic hydroxyl groups excluding tert-OH is 1. The zero-order valence-electron chi connectivity index (χ0n) is 27.8. The van der Waals surface area contributed by atoms with Crippen molar-refractivity contribution in [3.63, 3.8) is 0 Å². The van der Waals surface area contributed by atoms with Gasteiger partial charge < -0.3 is 14.9 Å². The van der Waals surface area contributed by atoms with E-state index in [-0.39, 0.29) is 10.7 Å². The number of carboxylic acids is 1. The number of anilines is 1. The van der Waals surface area contributed by atoms with Crippen molar-refractivity contribution in [3.05, 3.63) is 130 Å². The van der Waals surface area contributed by atoms with Crippen LogP contribution in [0.1, 0.15) is 46.4 Å². The van der Waals surface area contributed by atoms with Crippen molar-refractivity contribution in [2.24, 2.45) is 0 Å². The van der Waals surface area contributed by atoms with Crippen molar-refractivity contribution in [3.8, 4) is 16.3 Å². The maximum Gasteiger partial charge on any atom is 0.300 e. The molecule has 7 rings (SSSR count). The number of carbonyl (C=O) groups is 3. The number of aromatic nitrogens is 3. The fourth-order valence-electron chi connectivity index (χ4n) is 5.61. The Hall–Kier alpha value is -5.37. The smallest absolute Gasteiger partial charge is 0.300 e. The number of thiazole rings is 1. The Morgan fingerprint density at radius 3 is 2.33 bits per heavy atom. The first kappa shape index (κ1) is 35.5. The van der Waals surface area contributed by atoms with E-state index in [1.807, 2.05) is 55.5 Å². The van der Waals surface area contributed by atoms with Crippen LogP contribution in [0.2, 0.25) is 0 Å². The molecule has 0 bridgehead atoms. The summed E-state index contributed by atoms with van der Waals surface area (Å²) in [4.78, 5) is 43.5. The van der Waals surface area contributed by atoms with E-state index in [2.05, 4.69) is 39.4 Å². The van der Waals surface area contributed by atoms with Gasteiger partial charge in [-0.3, -0.25) is 19.3 Å². The van der Waals surface area contributed by atoms with E-state index in [1.54, 1.807) is 31.2 Å². The van der Waals surface area contributed by atoms with Gasteiger partial charge in [0.1, 0.15) is 10.8 Å². The average molecular weight is 737 g/mol. The van der Waals surface area contributed by atoms with E-state index >= 15 is 0 Å². The molecule has 2 N–H and O–H groups in total. The molecule has 0 saturated carbocycles. The van der Waals surface area contributed by atoms with Gasteiger partial charge in [-0.05, 0) is 47.9 Å². The Balaban J connectivity index is 0.00000107. The van der Waals surface area contributed by atoms with Crippen LogP contribution in [0.4, 0.5) is 5.13 Å². The molecule has 1 amide bonds. The summed E-state index contributed by atoms with van der Waals surface area (Å²) in [5.41, 5.74) is 3.17. The summed E-state index contributed by atoms with van der Waals surface area (Å²) in [6.45, 7) is 5.24. The Bertz CT molecular complexity index is 2240. The number of hydrogen-bond acceptors (Lipinski definition) is 11. The van der Waals surface area contributed by atoms with Gasteiger partial charge in [0.25, 0.3) is 11.9 Å². The van der Waals surface area contributed by atoms with Crippen LogP contribution in [-0.4, -0.2) is 49.7 Å². The molecule has 10 nitrogen and oxygen atoms in total. The topological polar surface area (TPSA) is 143 Å². The molecule has 13 heteroatoms. The number of nitrogens with zero attached hydrogens (tertiary/aromatic N) is 4. The maximum absolute atomic E-state index is 14.3. The molecule has 1 atom stereocenters. The third-order valence-electron chi connectivity index (χ3n) is 7.82. The molecule has 0 aliphatic carbocycles. The van der Waals surface area contributed by atoms with Crippen LogP contribution < -0.4 is 9.64 Å². The highest BCUT2D eigenvalue weighted by atomic mass is 32.2. The summed E-state index contributed by atoms with van der Waals surface area (Å²) >= 11 is 4.01. The number of aliphatic hydroxyl groups is 1. The zero-order valence-corrected chi connectivity index (χ0v) is 30.2. The third kappa shape index (κ3) is 7.70. The molecule has 0 saturated heterocycles. The van der Waals surface area contributed by atoms with Gasteiger partial charge in [-0.25, -0.2) is 4.98 Å². The summed E-state index contributed by atoms with van der Waals surface area (Å²) in [6, 6.07) is 30.3. The molecule has 3 heterocycles. The molecule has 258 valence electrons. The van der Waals surface area contributed by atoms with E-state index in [1.165, 1.54) is 44.7 Å². The van der Waals surface area contributed by atoms with Gasteiger partial charge in [0, 0.05) is 18.2 Å². The lowest BCUT2D eigenvalue weighted by atomic mass is 9.95. The second-order valence-corrected chi connectivity index (χ2v) is 14.4. The fourth-order valence-corrected chi connectivity index (χ4v) is 8.51. The number of carboxylic acid groups (broad SMARTS) is 1. The van der Waals surface area contributed by atoms with Gasteiger partial charge in [-0.1, -0.05) is 108 Å². The summed E-state index contributed by atoms with van der Waals surface area (Å²) in [6.07, 6.45) is 0. The van der Waals surface area contributed by atoms with Crippen LogP contribution in [-0.2, 0) is 15.3 Å². The number of thioether (sulfide) groups is 1. The minimum atomic E-state index is -0.934. The van der Waals surface area contributed by atoms with Crippen molar-refractivity contribution in [2.75, 3.05) is 11.5 Å². The highest BCUT2D eigenvalue weighted by Crippen LogP contribution is 2.45. The van der Waals surface area contributed by atoms with Crippen LogP contribution >= 0.6 is 34.4 Å². The van der Waals surface area contributed by atoms with Crippen LogP contribution in [0, 0.1) is 6.92 Å². The second kappa shape index (κ2) is 15.7. The molecule has 0 fully saturated rings. The Kier molecular flexibility index (Phi) is 10.9. The first-order valence-corrected chi connectivity index (χ1v) is 18.5. The van der Waals surface area contributed by atoms with Gasteiger partial charge in [-0.2, -0.15) is 0 Å². The summed E-state index contributed by atoms with van der Waals surface area (Å²) in [5.74, 6) is -1.29. The van der Waals surface area contributed by atoms with Crippen molar-refractivity contribution in [1.29, 1.82) is 0 Å². The zero-order chi connectivity index (χ0) is 36.1. The molecule has 2 aromatic heterocycles. The number of benzene rings is 4. The van der Waals surface area contributed by atoms with Gasteiger partial charge in [0.15, 0.2) is 10.1 Å². The van der Waals surface area contributed by atoms with Crippen molar-refractivity contribution in [2.45, 2.75) is 36.9 Å². The number of hydrogen-bond donors (Lipinski definition) is 2. The standard InChI is InChI=1S/C36H28N4O4S3.C2H4O2/c1-3-44-26-18-16-23(17-19-26)29-28(30(41)32-21(2)37-33(46-32)24-11-5-4-6-12-24)31(42)34(43)40(29)35-38-39-36(47-35)45-20-25-14-9-13-22-10-7-8-15-27(22)25;1-2(3)4/h4-19,29,42H,3,20H2,1-2H3;1H3,(H,3,4). The van der Waals surface area contributed by atoms with E-state index in [0.717, 1.165) is 23.4 Å². The number of carbonyl (C=O) groups excluding carboxylic acids is 2. The average Bonchev–Trinajstić information content (AvgIpc) is 3.83. The number of aryl methyl sites for hydroxylation is 1. The largest absolute Gasteiger partial charge is 0.503 e. The number of amides is 1. The van der Waals surface area contributed by atoms with E-state index in [0.29, 0.717) is 43.6 Å². The van der Waals surface area contributed by atoms with Crippen LogP contribution in [0.25, 0.3) is 21.3 Å². The molecule has 0 radical (unpaired) electrons. The predicted octanol–water partition coefficient (Wildman–Crippen LogP) is 8.69. The third-order valence-corrected chi connectivity index (χ3v) is 11.1. The predicted molar refractivity (Wildman–Crippen MR) is 201 cm³/mol. The molecular weight excluding hydrogens is 705 g/mol. The molecule has 1 aliphatic rings. The highest BCUT2D eigenvalue weighted by molar-refractivity contribution is 8.00. The summed E-state index contributed by atoms with van der Waals surface area (Å²) in [5, 5.41) is 30.8. The molecule has 4 aromatic carbocycles. The summed E-state index contributed by atoms with van der Waals surface area (Å²) < 4.78 is 6.30. The van der Waals surface area contributed by atoms with Crippen LogP contribution in [0.15, 0.2) is 113 Å². The van der Waals surface area contributed by atoms with Gasteiger partial charge in [0.05, 0.1) is 28.8 Å². The van der Waals surface area contributed by atoms with Crippen molar-refractivity contribution in [1.82, 2.24) is 15.2 Å². The summed E-state index contributed by atoms with van der Waals surface area (Å²) in [7, 11) is 0. The Morgan fingerprint density at radius 1 is 0.922 bits per heavy atom. The molecule has 51 heavy (non-hydrogen) atoms. The lowest BCUT2D eigenvalue weighted by Crippen LogP contribution is -2.31. The first-order valence-electron chi connectivity index (χ1n) is 15.9. The lowest BCUT2D eigenvalue weighted by Gasteiger charge is -2.24. The first-order chi connectivity index (χ1) is 24.7.